The van der Waals surface area contributed by atoms with E-state index in [1.807, 2.05) is 0 Å². The number of halogens is 2. The fourth-order valence-electron chi connectivity index (χ4n) is 2.68. The number of hydrogen-bond donors (Lipinski definition) is 1. The van der Waals surface area contributed by atoms with Gasteiger partial charge in [-0.15, -0.1) is 0 Å². The number of aromatic nitrogens is 2. The van der Waals surface area contributed by atoms with E-state index in [-0.39, 0.29) is 40.1 Å². The van der Waals surface area contributed by atoms with Crippen LogP contribution in [0.25, 0.3) is 0 Å². The lowest BCUT2D eigenvalue weighted by Crippen LogP contribution is -2.24. The number of anilines is 1. The summed E-state index contributed by atoms with van der Waals surface area (Å²) in [6.45, 7) is 1.66. The molecule has 1 atom stereocenters. The molecule has 0 aliphatic carbocycles. The number of amides is 1. The molecule has 1 aromatic heterocycles. The number of carbonyl (C=O) groups is 1. The third-order valence-electron chi connectivity index (χ3n) is 4.23. The molecule has 3 rings (SSSR count). The van der Waals surface area contributed by atoms with Crippen molar-refractivity contribution >= 4 is 46.2 Å². The average molecular weight is 480 g/mol. The second-order valence-corrected chi connectivity index (χ2v) is 7.56. The van der Waals surface area contributed by atoms with Gasteiger partial charge in [-0.25, -0.2) is 0 Å². The lowest BCUT2D eigenvalue weighted by Gasteiger charge is -2.14. The second-order valence-electron chi connectivity index (χ2n) is 6.72. The Bertz CT molecular complexity index is 1200. The molecule has 0 bridgehead atoms. The Balaban J connectivity index is 1.77. The first-order chi connectivity index (χ1) is 15.1. The maximum Gasteiger partial charge on any atom is 0.306 e. The van der Waals surface area contributed by atoms with Gasteiger partial charge in [-0.05, 0) is 18.2 Å². The molecule has 0 spiro atoms. The van der Waals surface area contributed by atoms with E-state index in [1.54, 1.807) is 13.0 Å². The van der Waals surface area contributed by atoms with Gasteiger partial charge in [0.05, 0.1) is 39.1 Å². The summed E-state index contributed by atoms with van der Waals surface area (Å²) in [6, 6.07) is 8.28. The van der Waals surface area contributed by atoms with E-state index in [0.717, 1.165) is 6.20 Å². The van der Waals surface area contributed by atoms with Gasteiger partial charge in [0.15, 0.2) is 0 Å². The predicted octanol–water partition coefficient (Wildman–Crippen LogP) is 5.07. The minimum atomic E-state index is -0.649. The summed E-state index contributed by atoms with van der Waals surface area (Å²) >= 11 is 11.9. The topological polar surface area (TPSA) is 142 Å². The number of benzene rings is 2. The Morgan fingerprint density at radius 3 is 2.50 bits per heavy atom. The first kappa shape index (κ1) is 23.0. The Morgan fingerprint density at radius 2 is 1.88 bits per heavy atom. The molecule has 0 saturated heterocycles. The van der Waals surface area contributed by atoms with Crippen molar-refractivity contribution in [2.24, 2.45) is 5.92 Å². The van der Waals surface area contributed by atoms with Crippen LogP contribution in [0.4, 0.5) is 17.1 Å². The minimum absolute atomic E-state index is 0.0678. The number of ether oxygens (including phenoxy) is 1. The maximum atomic E-state index is 12.6. The van der Waals surface area contributed by atoms with Crippen LogP contribution in [0.1, 0.15) is 6.92 Å². The summed E-state index contributed by atoms with van der Waals surface area (Å²) in [6.07, 6.45) is 2.29. The minimum Gasteiger partial charge on any atom is -0.455 e. The monoisotopic (exact) mass is 479 g/mol. The summed E-state index contributed by atoms with van der Waals surface area (Å²) in [5.74, 6) is -0.820. The standard InChI is InChI=1S/C19H15Cl2N5O6/c1-11(9-24-10-15(8-22-24)26(30)31)19(27)23-13-5-14(25(28)29)7-16(6-13)32-18-3-2-12(20)4-17(18)21/h2-8,10-11H,9H2,1H3,(H,23,27). The van der Waals surface area contributed by atoms with Crippen molar-refractivity contribution in [2.45, 2.75) is 13.5 Å². The Hall–Kier alpha value is -3.70. The number of nitrogens with zero attached hydrogens (tertiary/aromatic N) is 4. The van der Waals surface area contributed by atoms with E-state index in [4.69, 9.17) is 27.9 Å². The zero-order chi connectivity index (χ0) is 23.4. The van der Waals surface area contributed by atoms with E-state index in [9.17, 15) is 25.0 Å². The highest BCUT2D eigenvalue weighted by Crippen LogP contribution is 2.34. The van der Waals surface area contributed by atoms with Crippen molar-refractivity contribution in [2.75, 3.05) is 5.32 Å². The molecule has 1 N–H and O–H groups in total. The number of non-ortho nitro benzene ring substituents is 1. The van der Waals surface area contributed by atoms with Crippen molar-refractivity contribution in [3.05, 3.63) is 79.1 Å². The maximum absolute atomic E-state index is 12.6. The van der Waals surface area contributed by atoms with Gasteiger partial charge in [0.25, 0.3) is 5.69 Å². The van der Waals surface area contributed by atoms with Crippen molar-refractivity contribution < 1.29 is 19.4 Å². The fraction of sp³-hybridized carbons (Fsp3) is 0.158. The van der Waals surface area contributed by atoms with Crippen LogP contribution in [0.2, 0.25) is 10.0 Å². The largest absolute Gasteiger partial charge is 0.455 e. The lowest BCUT2D eigenvalue weighted by atomic mass is 10.1. The molecule has 0 fully saturated rings. The molecule has 0 aliphatic heterocycles. The normalized spacial score (nSPS) is 11.6. The van der Waals surface area contributed by atoms with Crippen LogP contribution in [0.15, 0.2) is 48.8 Å². The molecule has 3 aromatic rings. The number of nitro benzene ring substituents is 1. The van der Waals surface area contributed by atoms with Crippen LogP contribution in [0.5, 0.6) is 11.5 Å². The smallest absolute Gasteiger partial charge is 0.306 e. The third kappa shape index (κ3) is 5.71. The van der Waals surface area contributed by atoms with Crippen LogP contribution in [-0.2, 0) is 11.3 Å². The van der Waals surface area contributed by atoms with Gasteiger partial charge in [-0.2, -0.15) is 5.10 Å². The quantitative estimate of drug-likeness (QED) is 0.350. The van der Waals surface area contributed by atoms with Crippen LogP contribution in [-0.4, -0.2) is 25.5 Å². The van der Waals surface area contributed by atoms with Gasteiger partial charge >= 0.3 is 5.69 Å². The molecule has 0 saturated carbocycles. The molecule has 166 valence electrons. The number of nitro groups is 2. The molecule has 0 aliphatic rings. The SMILES string of the molecule is CC(Cn1cc([N+](=O)[O-])cn1)C(=O)Nc1cc(Oc2ccc(Cl)cc2Cl)cc([N+](=O)[O-])c1. The van der Waals surface area contributed by atoms with E-state index < -0.39 is 21.7 Å². The van der Waals surface area contributed by atoms with Crippen LogP contribution < -0.4 is 10.1 Å². The van der Waals surface area contributed by atoms with E-state index in [2.05, 4.69) is 10.4 Å². The summed E-state index contributed by atoms with van der Waals surface area (Å²) in [7, 11) is 0. The number of nitrogens with one attached hydrogen (secondary N) is 1. The molecule has 13 heteroatoms. The lowest BCUT2D eigenvalue weighted by molar-refractivity contribution is -0.385. The Kier molecular flexibility index (Phi) is 6.91. The molecule has 2 aromatic carbocycles. The summed E-state index contributed by atoms with van der Waals surface area (Å²) in [5.41, 5.74) is -0.375. The van der Waals surface area contributed by atoms with Crippen molar-refractivity contribution in [1.82, 2.24) is 9.78 Å². The van der Waals surface area contributed by atoms with Gasteiger partial charge in [-0.1, -0.05) is 30.1 Å². The molecule has 11 nitrogen and oxygen atoms in total. The van der Waals surface area contributed by atoms with Gasteiger partial charge in [-0.3, -0.25) is 29.7 Å². The highest BCUT2D eigenvalue weighted by molar-refractivity contribution is 6.35. The van der Waals surface area contributed by atoms with Gasteiger partial charge in [0, 0.05) is 17.2 Å². The molecule has 1 unspecified atom stereocenters. The summed E-state index contributed by atoms with van der Waals surface area (Å²) in [4.78, 5) is 33.4. The van der Waals surface area contributed by atoms with Gasteiger partial charge in [0.2, 0.25) is 5.91 Å². The van der Waals surface area contributed by atoms with E-state index in [1.165, 1.54) is 41.2 Å². The first-order valence-corrected chi connectivity index (χ1v) is 9.78. The van der Waals surface area contributed by atoms with E-state index in [0.29, 0.717) is 5.02 Å². The van der Waals surface area contributed by atoms with Crippen molar-refractivity contribution in [1.29, 1.82) is 0 Å². The molecular weight excluding hydrogens is 465 g/mol. The predicted molar refractivity (Wildman–Crippen MR) is 116 cm³/mol. The third-order valence-corrected chi connectivity index (χ3v) is 4.76. The summed E-state index contributed by atoms with van der Waals surface area (Å²) in [5, 5.41) is 29.1. The zero-order valence-corrected chi connectivity index (χ0v) is 17.9. The summed E-state index contributed by atoms with van der Waals surface area (Å²) < 4.78 is 6.90. The number of carbonyl (C=O) groups excluding carboxylic acids is 1. The van der Waals surface area contributed by atoms with Gasteiger partial charge in [0.1, 0.15) is 23.9 Å². The van der Waals surface area contributed by atoms with Crippen molar-refractivity contribution in [3.63, 3.8) is 0 Å². The molecule has 0 radical (unpaired) electrons. The Labute approximate surface area is 190 Å². The molecule has 1 heterocycles. The van der Waals surface area contributed by atoms with Crippen molar-refractivity contribution in [3.8, 4) is 11.5 Å². The molecule has 1 amide bonds. The van der Waals surface area contributed by atoms with Crippen LogP contribution in [0.3, 0.4) is 0 Å². The molecular formula is C19H15Cl2N5O6. The fourth-order valence-corrected chi connectivity index (χ4v) is 3.13. The highest BCUT2D eigenvalue weighted by Gasteiger charge is 2.19. The average Bonchev–Trinajstić information content (AvgIpc) is 3.18. The van der Waals surface area contributed by atoms with Gasteiger partial charge < -0.3 is 10.1 Å². The first-order valence-electron chi connectivity index (χ1n) is 9.02. The van der Waals surface area contributed by atoms with Crippen LogP contribution >= 0.6 is 23.2 Å². The number of hydrogen-bond acceptors (Lipinski definition) is 7. The van der Waals surface area contributed by atoms with Crippen LogP contribution in [0, 0.1) is 26.1 Å². The molecule has 32 heavy (non-hydrogen) atoms. The second kappa shape index (κ2) is 9.62. The zero-order valence-electron chi connectivity index (χ0n) is 16.4. The highest BCUT2D eigenvalue weighted by atomic mass is 35.5. The number of rotatable bonds is 8. The van der Waals surface area contributed by atoms with E-state index >= 15 is 0 Å². The Morgan fingerprint density at radius 1 is 1.16 bits per heavy atom.